The smallest absolute Gasteiger partial charge is 0.255 e. The predicted molar refractivity (Wildman–Crippen MR) is 138 cm³/mol. The molecule has 0 bridgehead atoms. The average Bonchev–Trinajstić information content (AvgIpc) is 2.91. The predicted octanol–water partition coefficient (Wildman–Crippen LogP) is 5.66. The van der Waals surface area contributed by atoms with Gasteiger partial charge in [0, 0.05) is 40.5 Å². The lowest BCUT2D eigenvalue weighted by Crippen LogP contribution is -2.12. The number of fused-ring (bicyclic) bond motifs is 1. The third kappa shape index (κ3) is 5.23. The first-order valence-corrected chi connectivity index (χ1v) is 10.9. The normalized spacial score (nSPS) is 10.3. The largest absolute Gasteiger partial charge is 0.497 e. The molecule has 0 atom stereocenters. The molecule has 1 heterocycles. The van der Waals surface area contributed by atoms with E-state index in [9.17, 15) is 4.79 Å². The van der Waals surface area contributed by atoms with Crippen LogP contribution in [0.1, 0.15) is 10.4 Å². The molecule has 35 heavy (non-hydrogen) atoms. The van der Waals surface area contributed by atoms with E-state index in [1.807, 2.05) is 42.5 Å². The lowest BCUT2D eigenvalue weighted by Gasteiger charge is -2.15. The minimum absolute atomic E-state index is 0.242. The van der Waals surface area contributed by atoms with E-state index < -0.39 is 0 Å². The maximum Gasteiger partial charge on any atom is 0.255 e. The number of carbonyl (C=O) groups excluding carboxylic acids is 1. The highest BCUT2D eigenvalue weighted by Crippen LogP contribution is 2.36. The van der Waals surface area contributed by atoms with Gasteiger partial charge in [0.25, 0.3) is 5.91 Å². The van der Waals surface area contributed by atoms with Gasteiger partial charge in [-0.05, 0) is 47.9 Å². The number of methoxy groups -OCH3 is 2. The van der Waals surface area contributed by atoms with Crippen molar-refractivity contribution in [3.8, 4) is 28.8 Å². The first-order valence-electron chi connectivity index (χ1n) is 10.9. The monoisotopic (exact) mass is 464 g/mol. The Bertz CT molecular complexity index is 1460. The quantitative estimate of drug-likeness (QED) is 0.327. The second kappa shape index (κ2) is 10.4. The van der Waals surface area contributed by atoms with Crippen LogP contribution in [0, 0.1) is 11.3 Å². The van der Waals surface area contributed by atoms with Gasteiger partial charge in [0.2, 0.25) is 0 Å². The van der Waals surface area contributed by atoms with Crippen molar-refractivity contribution in [3.63, 3.8) is 0 Å². The zero-order chi connectivity index (χ0) is 24.8. The highest BCUT2D eigenvalue weighted by atomic mass is 16.5. The molecular weight excluding hydrogens is 440 g/mol. The number of hydrogen-bond acceptors (Lipinski definition) is 6. The maximum absolute atomic E-state index is 12.7. The van der Waals surface area contributed by atoms with Crippen LogP contribution in [0.3, 0.4) is 0 Å². The average molecular weight is 465 g/mol. The van der Waals surface area contributed by atoms with E-state index in [2.05, 4.69) is 22.2 Å². The van der Waals surface area contributed by atoms with Gasteiger partial charge in [-0.2, -0.15) is 5.26 Å². The Morgan fingerprint density at radius 1 is 1.06 bits per heavy atom. The summed E-state index contributed by atoms with van der Waals surface area (Å²) in [6.45, 7) is 4.04. The summed E-state index contributed by atoms with van der Waals surface area (Å²) in [5, 5.41) is 17.2. The van der Waals surface area contributed by atoms with Crippen molar-refractivity contribution in [2.24, 2.45) is 0 Å². The van der Waals surface area contributed by atoms with Crippen LogP contribution in [0.2, 0.25) is 0 Å². The number of pyridine rings is 1. The Balaban J connectivity index is 1.66. The van der Waals surface area contributed by atoms with E-state index in [1.54, 1.807) is 50.7 Å². The Labute approximate surface area is 203 Å². The first kappa shape index (κ1) is 23.3. The number of benzene rings is 3. The lowest BCUT2D eigenvalue weighted by atomic mass is 10.0. The zero-order valence-corrected chi connectivity index (χ0v) is 19.5. The molecule has 3 aromatic carbocycles. The molecule has 4 aromatic rings. The number of nitrogens with zero attached hydrogens (tertiary/aromatic N) is 2. The standard InChI is InChI=1S/C28H24N4O3/c1-18(16-29)17-31-27-24-14-20(8-7-19(24)9-10-26(27)35-3)25-15-22(11-12-30-25)32-28(33)21-5-4-6-23(13-21)34-2/h4-15,31H,1,17H2,2-3H3,(H,30,32,33). The topological polar surface area (TPSA) is 96.3 Å². The van der Waals surface area contributed by atoms with Crippen LogP contribution >= 0.6 is 0 Å². The fourth-order valence-electron chi connectivity index (χ4n) is 3.68. The van der Waals surface area contributed by atoms with Gasteiger partial charge in [-0.15, -0.1) is 0 Å². The summed E-state index contributed by atoms with van der Waals surface area (Å²) in [5.41, 5.74) is 3.87. The molecule has 0 aliphatic carbocycles. The summed E-state index contributed by atoms with van der Waals surface area (Å²) in [7, 11) is 3.16. The molecule has 1 amide bonds. The van der Waals surface area contributed by atoms with E-state index in [-0.39, 0.29) is 5.91 Å². The Morgan fingerprint density at radius 3 is 2.66 bits per heavy atom. The molecule has 7 heteroatoms. The van der Waals surface area contributed by atoms with Crippen LogP contribution in [0.25, 0.3) is 22.0 Å². The number of carbonyl (C=O) groups is 1. The molecule has 0 unspecified atom stereocenters. The molecule has 0 spiro atoms. The SMILES string of the molecule is C=C(C#N)CNc1c(OC)ccc2ccc(-c3cc(NC(=O)c4cccc(OC)c4)ccn3)cc12. The van der Waals surface area contributed by atoms with Crippen molar-refractivity contribution in [1.82, 2.24) is 4.98 Å². The molecule has 0 fully saturated rings. The highest BCUT2D eigenvalue weighted by molar-refractivity contribution is 6.05. The van der Waals surface area contributed by atoms with E-state index in [4.69, 9.17) is 14.7 Å². The van der Waals surface area contributed by atoms with Gasteiger partial charge in [0.05, 0.1) is 31.7 Å². The van der Waals surface area contributed by atoms with E-state index in [0.29, 0.717) is 40.6 Å². The minimum Gasteiger partial charge on any atom is -0.497 e. The van der Waals surface area contributed by atoms with Crippen molar-refractivity contribution in [2.45, 2.75) is 0 Å². The van der Waals surface area contributed by atoms with Crippen LogP contribution in [0.15, 0.2) is 85.1 Å². The Morgan fingerprint density at radius 2 is 1.89 bits per heavy atom. The highest BCUT2D eigenvalue weighted by Gasteiger charge is 2.12. The summed E-state index contributed by atoms with van der Waals surface area (Å²) < 4.78 is 10.7. The number of amides is 1. The summed E-state index contributed by atoms with van der Waals surface area (Å²) in [5.74, 6) is 1.03. The molecule has 1 aromatic heterocycles. The van der Waals surface area contributed by atoms with Gasteiger partial charge < -0.3 is 20.1 Å². The fourth-order valence-corrected chi connectivity index (χ4v) is 3.68. The first-order chi connectivity index (χ1) is 17.0. The summed E-state index contributed by atoms with van der Waals surface area (Å²) in [6, 6.07) is 22.4. The van der Waals surface area contributed by atoms with Crippen LogP contribution in [-0.2, 0) is 0 Å². The van der Waals surface area contributed by atoms with Crippen molar-refractivity contribution in [1.29, 1.82) is 5.26 Å². The van der Waals surface area contributed by atoms with Crippen LogP contribution in [0.4, 0.5) is 11.4 Å². The van der Waals surface area contributed by atoms with Gasteiger partial charge in [0.1, 0.15) is 11.5 Å². The lowest BCUT2D eigenvalue weighted by molar-refractivity contribution is 0.102. The molecule has 0 radical (unpaired) electrons. The van der Waals surface area contributed by atoms with Gasteiger partial charge in [-0.25, -0.2) is 0 Å². The van der Waals surface area contributed by atoms with Crippen molar-refractivity contribution >= 4 is 28.1 Å². The van der Waals surface area contributed by atoms with Crippen LogP contribution < -0.4 is 20.1 Å². The number of rotatable bonds is 8. The van der Waals surface area contributed by atoms with E-state index >= 15 is 0 Å². The van der Waals surface area contributed by atoms with Crippen molar-refractivity contribution in [3.05, 3.63) is 90.6 Å². The number of hydrogen-bond donors (Lipinski definition) is 2. The maximum atomic E-state index is 12.7. The van der Waals surface area contributed by atoms with E-state index in [1.165, 1.54) is 0 Å². The fraction of sp³-hybridized carbons (Fsp3) is 0.107. The third-order valence-corrected chi connectivity index (χ3v) is 5.49. The number of aromatic nitrogens is 1. The van der Waals surface area contributed by atoms with Gasteiger partial charge in [0.15, 0.2) is 0 Å². The minimum atomic E-state index is -0.242. The molecule has 0 aliphatic rings. The molecule has 2 N–H and O–H groups in total. The number of nitriles is 1. The molecule has 174 valence electrons. The van der Waals surface area contributed by atoms with Gasteiger partial charge in [-0.1, -0.05) is 30.8 Å². The van der Waals surface area contributed by atoms with Gasteiger partial charge >= 0.3 is 0 Å². The van der Waals surface area contributed by atoms with Crippen molar-refractivity contribution < 1.29 is 14.3 Å². The van der Waals surface area contributed by atoms with E-state index in [0.717, 1.165) is 22.0 Å². The van der Waals surface area contributed by atoms with Crippen LogP contribution in [0.5, 0.6) is 11.5 Å². The number of anilines is 2. The zero-order valence-electron chi connectivity index (χ0n) is 19.5. The molecule has 7 nitrogen and oxygen atoms in total. The second-order valence-electron chi connectivity index (χ2n) is 7.76. The summed E-state index contributed by atoms with van der Waals surface area (Å²) >= 11 is 0. The van der Waals surface area contributed by atoms with Crippen LogP contribution in [-0.4, -0.2) is 31.7 Å². The molecule has 4 rings (SSSR count). The Hall–Kier alpha value is -4.83. The second-order valence-corrected chi connectivity index (χ2v) is 7.76. The third-order valence-electron chi connectivity index (χ3n) is 5.49. The summed E-state index contributed by atoms with van der Waals surface area (Å²) in [6.07, 6.45) is 1.66. The van der Waals surface area contributed by atoms with Crippen molar-refractivity contribution in [2.75, 3.05) is 31.4 Å². The molecule has 0 aliphatic heterocycles. The number of ether oxygens (including phenoxy) is 2. The number of nitrogens with one attached hydrogen (secondary N) is 2. The Kier molecular flexibility index (Phi) is 6.94. The van der Waals surface area contributed by atoms with Gasteiger partial charge in [-0.3, -0.25) is 9.78 Å². The molecular formula is C28H24N4O3. The summed E-state index contributed by atoms with van der Waals surface area (Å²) in [4.78, 5) is 17.2. The molecule has 0 saturated heterocycles. The molecule has 0 saturated carbocycles.